The molecule has 0 unspecified atom stereocenters. The first-order valence-electron chi connectivity index (χ1n) is 9.72. The van der Waals surface area contributed by atoms with Crippen LogP contribution in [0, 0.1) is 6.92 Å². The Kier molecular flexibility index (Phi) is 6.09. The van der Waals surface area contributed by atoms with E-state index in [2.05, 4.69) is 39.1 Å². The molecule has 0 saturated carbocycles. The number of rotatable bonds is 5. The molecule has 1 aromatic rings. The number of nitrogens with zero attached hydrogens (tertiary/aromatic N) is 5. The fraction of sp³-hybridized carbons (Fsp3) is 0.737. The first-order valence-corrected chi connectivity index (χ1v) is 9.72. The van der Waals surface area contributed by atoms with Crippen LogP contribution in [0.4, 0.5) is 5.82 Å². The van der Waals surface area contributed by atoms with Crippen LogP contribution in [0.3, 0.4) is 0 Å². The molecule has 26 heavy (non-hydrogen) atoms. The lowest BCUT2D eigenvalue weighted by Crippen LogP contribution is -2.48. The van der Waals surface area contributed by atoms with Gasteiger partial charge in [-0.15, -0.1) is 0 Å². The van der Waals surface area contributed by atoms with Crippen LogP contribution in [0.15, 0.2) is 0 Å². The van der Waals surface area contributed by atoms with Gasteiger partial charge in [-0.05, 0) is 33.7 Å². The summed E-state index contributed by atoms with van der Waals surface area (Å²) in [7, 11) is 2.19. The molecule has 1 aromatic heterocycles. The van der Waals surface area contributed by atoms with Crippen molar-refractivity contribution in [3.05, 3.63) is 17.1 Å². The van der Waals surface area contributed by atoms with Gasteiger partial charge in [-0.25, -0.2) is 9.97 Å². The van der Waals surface area contributed by atoms with Crippen LogP contribution in [0.1, 0.15) is 37.4 Å². The summed E-state index contributed by atoms with van der Waals surface area (Å²) in [6.07, 6.45) is 1.92. The number of piperazine rings is 1. The van der Waals surface area contributed by atoms with E-state index in [9.17, 15) is 4.79 Å². The molecule has 1 fully saturated rings. The number of hydrogen-bond donors (Lipinski definition) is 1. The molecule has 1 saturated heterocycles. The lowest BCUT2D eigenvalue weighted by atomic mass is 10.0. The van der Waals surface area contributed by atoms with Gasteiger partial charge in [-0.3, -0.25) is 9.69 Å². The van der Waals surface area contributed by atoms with Gasteiger partial charge in [0.1, 0.15) is 11.6 Å². The molecular formula is C19H32N6O. The molecule has 3 rings (SSSR count). The Morgan fingerprint density at radius 2 is 1.92 bits per heavy atom. The SMILES string of the molecule is CC(=O)N1CCc2c(nc(C)nc2NCC[C@H](C)N2CCN(C)CC2)C1. The monoisotopic (exact) mass is 360 g/mol. The molecule has 0 spiro atoms. The number of likely N-dealkylation sites (N-methyl/N-ethyl adjacent to an activating group) is 1. The van der Waals surface area contributed by atoms with Crippen LogP contribution >= 0.6 is 0 Å². The van der Waals surface area contributed by atoms with Crippen molar-refractivity contribution in [2.45, 2.75) is 46.2 Å². The van der Waals surface area contributed by atoms with E-state index in [0.717, 1.165) is 69.4 Å². The number of fused-ring (bicyclic) bond motifs is 1. The largest absolute Gasteiger partial charge is 0.370 e. The summed E-state index contributed by atoms with van der Waals surface area (Å²) in [4.78, 5) is 27.7. The maximum Gasteiger partial charge on any atom is 0.219 e. The van der Waals surface area contributed by atoms with Crippen LogP contribution in [0.5, 0.6) is 0 Å². The molecule has 7 heteroatoms. The summed E-state index contributed by atoms with van der Waals surface area (Å²) in [5, 5.41) is 3.54. The number of anilines is 1. The summed E-state index contributed by atoms with van der Waals surface area (Å²) in [5.41, 5.74) is 2.17. The molecule has 144 valence electrons. The van der Waals surface area contributed by atoms with Gasteiger partial charge in [0.05, 0.1) is 12.2 Å². The van der Waals surface area contributed by atoms with E-state index < -0.39 is 0 Å². The number of amides is 1. The minimum Gasteiger partial charge on any atom is -0.370 e. The summed E-state index contributed by atoms with van der Waals surface area (Å²) < 4.78 is 0. The van der Waals surface area contributed by atoms with E-state index in [1.807, 2.05) is 11.8 Å². The van der Waals surface area contributed by atoms with Gasteiger partial charge in [0, 0.05) is 57.8 Å². The Balaban J connectivity index is 1.58. The quantitative estimate of drug-likeness (QED) is 0.849. The smallest absolute Gasteiger partial charge is 0.219 e. The van der Waals surface area contributed by atoms with Gasteiger partial charge in [-0.2, -0.15) is 0 Å². The summed E-state index contributed by atoms with van der Waals surface area (Å²) in [6.45, 7) is 12.7. The van der Waals surface area contributed by atoms with E-state index in [4.69, 9.17) is 0 Å². The maximum absolute atomic E-state index is 11.7. The van der Waals surface area contributed by atoms with Crippen molar-refractivity contribution < 1.29 is 4.79 Å². The Bertz CT molecular complexity index is 641. The standard InChI is InChI=1S/C19H32N6O/c1-14(24-11-9-23(4)10-12-24)5-7-20-19-17-6-8-25(16(3)26)13-18(17)21-15(2)22-19/h14H,5-13H2,1-4H3,(H,20,21,22)/t14-/m0/s1. The van der Waals surface area contributed by atoms with Crippen molar-refractivity contribution in [2.75, 3.05) is 51.6 Å². The van der Waals surface area contributed by atoms with E-state index in [0.29, 0.717) is 12.6 Å². The van der Waals surface area contributed by atoms with Gasteiger partial charge < -0.3 is 15.1 Å². The molecule has 2 aliphatic heterocycles. The van der Waals surface area contributed by atoms with Crippen LogP contribution in [0.2, 0.25) is 0 Å². The molecule has 2 aliphatic rings. The normalized spacial score (nSPS) is 19.9. The van der Waals surface area contributed by atoms with Gasteiger partial charge in [0.2, 0.25) is 5.91 Å². The summed E-state index contributed by atoms with van der Waals surface area (Å²) >= 11 is 0. The number of hydrogen-bond acceptors (Lipinski definition) is 6. The van der Waals surface area contributed by atoms with E-state index >= 15 is 0 Å². The molecule has 3 heterocycles. The van der Waals surface area contributed by atoms with Gasteiger partial charge in [0.25, 0.3) is 0 Å². The van der Waals surface area contributed by atoms with Crippen LogP contribution in [0.25, 0.3) is 0 Å². The van der Waals surface area contributed by atoms with Crippen LogP contribution in [-0.4, -0.2) is 82.9 Å². The van der Waals surface area contributed by atoms with E-state index in [1.54, 1.807) is 6.92 Å². The van der Waals surface area contributed by atoms with Gasteiger partial charge >= 0.3 is 0 Å². The minimum atomic E-state index is 0.113. The molecule has 7 nitrogen and oxygen atoms in total. The Labute approximate surface area is 156 Å². The van der Waals surface area contributed by atoms with Crippen LogP contribution < -0.4 is 5.32 Å². The highest BCUT2D eigenvalue weighted by molar-refractivity contribution is 5.73. The van der Waals surface area contributed by atoms with Crippen molar-refractivity contribution in [3.63, 3.8) is 0 Å². The molecule has 1 atom stereocenters. The average Bonchev–Trinajstić information content (AvgIpc) is 2.61. The van der Waals surface area contributed by atoms with Crippen molar-refractivity contribution in [2.24, 2.45) is 0 Å². The highest BCUT2D eigenvalue weighted by Gasteiger charge is 2.23. The van der Waals surface area contributed by atoms with Gasteiger partial charge in [-0.1, -0.05) is 0 Å². The molecule has 0 bridgehead atoms. The highest BCUT2D eigenvalue weighted by Crippen LogP contribution is 2.24. The van der Waals surface area contributed by atoms with E-state index in [1.165, 1.54) is 5.56 Å². The van der Waals surface area contributed by atoms with Gasteiger partial charge in [0.15, 0.2) is 0 Å². The second-order valence-corrected chi connectivity index (χ2v) is 7.64. The Morgan fingerprint density at radius 1 is 1.19 bits per heavy atom. The Morgan fingerprint density at radius 3 is 2.62 bits per heavy atom. The van der Waals surface area contributed by atoms with Crippen LogP contribution in [-0.2, 0) is 17.8 Å². The average molecular weight is 361 g/mol. The predicted molar refractivity (Wildman–Crippen MR) is 103 cm³/mol. The molecule has 0 aromatic carbocycles. The molecule has 1 N–H and O–H groups in total. The summed E-state index contributed by atoms with van der Waals surface area (Å²) in [6, 6.07) is 0.572. The summed E-state index contributed by atoms with van der Waals surface area (Å²) in [5.74, 6) is 1.84. The second-order valence-electron chi connectivity index (χ2n) is 7.64. The number of carbonyl (C=O) groups is 1. The van der Waals surface area contributed by atoms with Crippen molar-refractivity contribution in [3.8, 4) is 0 Å². The zero-order valence-electron chi connectivity index (χ0n) is 16.6. The predicted octanol–water partition coefficient (Wildman–Crippen LogP) is 1.13. The van der Waals surface area contributed by atoms with E-state index in [-0.39, 0.29) is 5.91 Å². The maximum atomic E-state index is 11.7. The first kappa shape index (κ1) is 19.0. The number of aryl methyl sites for hydroxylation is 1. The molecular weight excluding hydrogens is 328 g/mol. The molecule has 0 radical (unpaired) electrons. The number of nitrogens with one attached hydrogen (secondary N) is 1. The minimum absolute atomic E-state index is 0.113. The third-order valence-corrected chi connectivity index (χ3v) is 5.64. The highest BCUT2D eigenvalue weighted by atomic mass is 16.2. The number of carbonyl (C=O) groups excluding carboxylic acids is 1. The molecule has 0 aliphatic carbocycles. The van der Waals surface area contributed by atoms with Crippen molar-refractivity contribution in [1.82, 2.24) is 24.7 Å². The zero-order valence-corrected chi connectivity index (χ0v) is 16.6. The third-order valence-electron chi connectivity index (χ3n) is 5.64. The number of aromatic nitrogens is 2. The lowest BCUT2D eigenvalue weighted by Gasteiger charge is -2.36. The first-order chi connectivity index (χ1) is 12.4. The fourth-order valence-electron chi connectivity index (χ4n) is 3.81. The van der Waals surface area contributed by atoms with Crippen molar-refractivity contribution in [1.29, 1.82) is 0 Å². The zero-order chi connectivity index (χ0) is 18.7. The van der Waals surface area contributed by atoms with Crippen molar-refractivity contribution >= 4 is 11.7 Å². The molecule has 1 amide bonds. The fourth-order valence-corrected chi connectivity index (χ4v) is 3.81. The second kappa shape index (κ2) is 8.31. The third kappa shape index (κ3) is 4.51. The Hall–Kier alpha value is -1.73. The topological polar surface area (TPSA) is 64.6 Å². The lowest BCUT2D eigenvalue weighted by molar-refractivity contribution is -0.129.